The molecule has 3 heterocycles. The SMILES string of the molecule is Nc1ccsc1-c1nc2cccnc2n1C1CC1. The maximum absolute atomic E-state index is 6.02. The zero-order valence-corrected chi connectivity index (χ0v) is 10.5. The van der Waals surface area contributed by atoms with Crippen LogP contribution in [0.2, 0.25) is 0 Å². The zero-order valence-electron chi connectivity index (χ0n) is 9.71. The lowest BCUT2D eigenvalue weighted by atomic mass is 10.4. The molecule has 4 rings (SSSR count). The van der Waals surface area contributed by atoms with E-state index in [1.165, 1.54) is 12.8 Å². The fourth-order valence-electron chi connectivity index (χ4n) is 2.27. The van der Waals surface area contributed by atoms with Crippen LogP contribution < -0.4 is 5.73 Å². The lowest BCUT2D eigenvalue weighted by Crippen LogP contribution is -1.98. The van der Waals surface area contributed by atoms with Gasteiger partial charge in [-0.15, -0.1) is 11.3 Å². The van der Waals surface area contributed by atoms with Crippen molar-refractivity contribution in [1.82, 2.24) is 14.5 Å². The second kappa shape index (κ2) is 3.55. The Balaban J connectivity index is 2.05. The normalized spacial score (nSPS) is 15.3. The number of aromatic nitrogens is 3. The Bertz CT molecular complexity index is 724. The molecule has 0 atom stereocenters. The van der Waals surface area contributed by atoms with Crippen LogP contribution in [0.3, 0.4) is 0 Å². The summed E-state index contributed by atoms with van der Waals surface area (Å²) in [5.41, 5.74) is 8.75. The molecule has 1 aliphatic carbocycles. The van der Waals surface area contributed by atoms with Crippen molar-refractivity contribution in [3.05, 3.63) is 29.8 Å². The molecule has 0 amide bonds. The summed E-state index contributed by atoms with van der Waals surface area (Å²) in [5.74, 6) is 0.971. The minimum atomic E-state index is 0.543. The van der Waals surface area contributed by atoms with Crippen molar-refractivity contribution in [3.63, 3.8) is 0 Å². The van der Waals surface area contributed by atoms with Crippen LogP contribution in [-0.4, -0.2) is 14.5 Å². The van der Waals surface area contributed by atoms with Crippen LogP contribution in [0.5, 0.6) is 0 Å². The first kappa shape index (κ1) is 10.1. The van der Waals surface area contributed by atoms with Crippen molar-refractivity contribution in [2.45, 2.75) is 18.9 Å². The lowest BCUT2D eigenvalue weighted by molar-refractivity contribution is 0.768. The largest absolute Gasteiger partial charge is 0.397 e. The molecule has 18 heavy (non-hydrogen) atoms. The molecule has 1 fully saturated rings. The molecule has 0 aromatic carbocycles. The first-order valence-electron chi connectivity index (χ1n) is 6.01. The third kappa shape index (κ3) is 1.37. The number of fused-ring (bicyclic) bond motifs is 1. The van der Waals surface area contributed by atoms with Crippen LogP contribution in [0, 0.1) is 0 Å². The second-order valence-electron chi connectivity index (χ2n) is 4.59. The van der Waals surface area contributed by atoms with Gasteiger partial charge in [0.05, 0.1) is 10.6 Å². The third-order valence-electron chi connectivity index (χ3n) is 3.26. The first-order chi connectivity index (χ1) is 8.84. The monoisotopic (exact) mass is 256 g/mol. The van der Waals surface area contributed by atoms with Crippen LogP contribution in [0.15, 0.2) is 29.8 Å². The van der Waals surface area contributed by atoms with Crippen LogP contribution >= 0.6 is 11.3 Å². The minimum Gasteiger partial charge on any atom is -0.397 e. The average Bonchev–Trinajstić information content (AvgIpc) is 3.01. The van der Waals surface area contributed by atoms with E-state index in [2.05, 4.69) is 9.55 Å². The summed E-state index contributed by atoms with van der Waals surface area (Å²) in [6, 6.07) is 6.41. The quantitative estimate of drug-likeness (QED) is 0.766. The number of nitrogens with zero attached hydrogens (tertiary/aromatic N) is 3. The van der Waals surface area contributed by atoms with E-state index in [9.17, 15) is 0 Å². The molecular weight excluding hydrogens is 244 g/mol. The van der Waals surface area contributed by atoms with E-state index >= 15 is 0 Å². The summed E-state index contributed by atoms with van der Waals surface area (Å²) in [5, 5.41) is 2.01. The van der Waals surface area contributed by atoms with E-state index in [0.717, 1.165) is 27.6 Å². The minimum absolute atomic E-state index is 0.543. The van der Waals surface area contributed by atoms with Gasteiger partial charge in [0.25, 0.3) is 0 Å². The zero-order chi connectivity index (χ0) is 12.1. The number of imidazole rings is 1. The molecule has 3 aromatic heterocycles. The number of rotatable bonds is 2. The van der Waals surface area contributed by atoms with Gasteiger partial charge in [0.1, 0.15) is 5.52 Å². The maximum atomic E-state index is 6.02. The highest BCUT2D eigenvalue weighted by Crippen LogP contribution is 2.42. The Morgan fingerprint density at radius 1 is 1.33 bits per heavy atom. The average molecular weight is 256 g/mol. The van der Waals surface area contributed by atoms with Crippen LogP contribution in [0.25, 0.3) is 21.9 Å². The Morgan fingerprint density at radius 3 is 2.94 bits per heavy atom. The van der Waals surface area contributed by atoms with Crippen molar-refractivity contribution in [3.8, 4) is 10.7 Å². The van der Waals surface area contributed by atoms with E-state index in [1.54, 1.807) is 11.3 Å². The van der Waals surface area contributed by atoms with Gasteiger partial charge in [-0.1, -0.05) is 0 Å². The maximum Gasteiger partial charge on any atom is 0.160 e. The van der Waals surface area contributed by atoms with Gasteiger partial charge in [0, 0.05) is 12.2 Å². The molecule has 2 N–H and O–H groups in total. The number of anilines is 1. The Morgan fingerprint density at radius 2 is 2.22 bits per heavy atom. The highest BCUT2D eigenvalue weighted by molar-refractivity contribution is 7.14. The van der Waals surface area contributed by atoms with Gasteiger partial charge in [-0.3, -0.25) is 0 Å². The van der Waals surface area contributed by atoms with E-state index in [1.807, 2.05) is 29.8 Å². The van der Waals surface area contributed by atoms with Crippen molar-refractivity contribution in [2.24, 2.45) is 0 Å². The van der Waals surface area contributed by atoms with Gasteiger partial charge in [-0.25, -0.2) is 9.97 Å². The molecule has 0 saturated heterocycles. The molecule has 1 aliphatic rings. The lowest BCUT2D eigenvalue weighted by Gasteiger charge is -2.05. The number of hydrogen-bond acceptors (Lipinski definition) is 4. The molecule has 3 aromatic rings. The van der Waals surface area contributed by atoms with E-state index < -0.39 is 0 Å². The van der Waals surface area contributed by atoms with E-state index in [0.29, 0.717) is 6.04 Å². The number of nitrogen functional groups attached to an aromatic ring is 1. The summed E-state index contributed by atoms with van der Waals surface area (Å²) >= 11 is 1.64. The highest BCUT2D eigenvalue weighted by atomic mass is 32.1. The van der Waals surface area contributed by atoms with Crippen molar-refractivity contribution in [2.75, 3.05) is 5.73 Å². The molecule has 0 aliphatic heterocycles. The fraction of sp³-hybridized carbons (Fsp3) is 0.231. The smallest absolute Gasteiger partial charge is 0.160 e. The molecule has 4 nitrogen and oxygen atoms in total. The van der Waals surface area contributed by atoms with Crippen molar-refractivity contribution in [1.29, 1.82) is 0 Å². The highest BCUT2D eigenvalue weighted by Gasteiger charge is 2.30. The van der Waals surface area contributed by atoms with Crippen LogP contribution in [0.1, 0.15) is 18.9 Å². The number of nitrogens with two attached hydrogens (primary N) is 1. The van der Waals surface area contributed by atoms with Crippen LogP contribution in [0.4, 0.5) is 5.69 Å². The Kier molecular flexibility index (Phi) is 1.99. The van der Waals surface area contributed by atoms with Crippen molar-refractivity contribution >= 4 is 28.2 Å². The molecule has 0 spiro atoms. The van der Waals surface area contributed by atoms with Gasteiger partial charge in [0.2, 0.25) is 0 Å². The van der Waals surface area contributed by atoms with Gasteiger partial charge >= 0.3 is 0 Å². The predicted molar refractivity (Wildman–Crippen MR) is 73.5 cm³/mol. The van der Waals surface area contributed by atoms with Crippen molar-refractivity contribution < 1.29 is 0 Å². The molecule has 0 unspecified atom stereocenters. The first-order valence-corrected chi connectivity index (χ1v) is 6.89. The molecule has 90 valence electrons. The molecule has 5 heteroatoms. The van der Waals surface area contributed by atoms with Gasteiger partial charge in [-0.2, -0.15) is 0 Å². The summed E-state index contributed by atoms with van der Waals surface area (Å²) in [6.45, 7) is 0. The molecule has 0 bridgehead atoms. The summed E-state index contributed by atoms with van der Waals surface area (Å²) < 4.78 is 2.25. The van der Waals surface area contributed by atoms with Gasteiger partial charge < -0.3 is 10.3 Å². The molecule has 0 radical (unpaired) electrons. The van der Waals surface area contributed by atoms with E-state index in [4.69, 9.17) is 10.7 Å². The number of thiophene rings is 1. The van der Waals surface area contributed by atoms with Crippen LogP contribution in [-0.2, 0) is 0 Å². The Hall–Kier alpha value is -1.88. The third-order valence-corrected chi connectivity index (χ3v) is 4.19. The second-order valence-corrected chi connectivity index (χ2v) is 5.50. The molecular formula is C13H12N4S. The summed E-state index contributed by atoms with van der Waals surface area (Å²) in [7, 11) is 0. The van der Waals surface area contributed by atoms with E-state index in [-0.39, 0.29) is 0 Å². The number of pyridine rings is 1. The summed E-state index contributed by atoms with van der Waals surface area (Å²) in [4.78, 5) is 10.2. The standard InChI is InChI=1S/C13H12N4S/c14-9-5-7-18-11(9)13-16-10-2-1-6-15-12(10)17(13)8-3-4-8/h1-2,5-8H,3-4,14H2. The Labute approximate surface area is 108 Å². The number of hydrogen-bond donors (Lipinski definition) is 1. The fourth-order valence-corrected chi connectivity index (χ4v) is 3.07. The summed E-state index contributed by atoms with van der Waals surface area (Å²) in [6.07, 6.45) is 4.24. The van der Waals surface area contributed by atoms with Gasteiger partial charge in [-0.05, 0) is 36.4 Å². The topological polar surface area (TPSA) is 56.7 Å². The van der Waals surface area contributed by atoms with Gasteiger partial charge in [0.15, 0.2) is 11.5 Å². The predicted octanol–water partition coefficient (Wildman–Crippen LogP) is 3.08. The molecule has 1 saturated carbocycles.